The first-order valence-corrected chi connectivity index (χ1v) is 5.35. The highest BCUT2D eigenvalue weighted by Gasteiger charge is 2.11. The van der Waals surface area contributed by atoms with Crippen molar-refractivity contribution < 1.29 is 4.79 Å². The maximum atomic E-state index is 12.0. The third-order valence-electron chi connectivity index (χ3n) is 2.38. The summed E-state index contributed by atoms with van der Waals surface area (Å²) in [6, 6.07) is 5.12. The van der Waals surface area contributed by atoms with Gasteiger partial charge in [-0.25, -0.2) is 0 Å². The van der Waals surface area contributed by atoms with Crippen LogP contribution in [-0.2, 0) is 0 Å². The van der Waals surface area contributed by atoms with Crippen molar-refractivity contribution >= 4 is 17.3 Å². The van der Waals surface area contributed by atoms with E-state index in [1.54, 1.807) is 30.6 Å². The monoisotopic (exact) mass is 243 g/mol. The van der Waals surface area contributed by atoms with Crippen LogP contribution in [0.15, 0.2) is 36.8 Å². The van der Waals surface area contributed by atoms with E-state index in [-0.39, 0.29) is 5.91 Å². The lowest BCUT2D eigenvalue weighted by atomic mass is 10.2. The molecule has 4 N–H and O–H groups in total. The van der Waals surface area contributed by atoms with Crippen LogP contribution in [-0.4, -0.2) is 15.9 Å². The van der Waals surface area contributed by atoms with Gasteiger partial charge in [0.25, 0.3) is 5.91 Å². The van der Waals surface area contributed by atoms with Crippen LogP contribution in [0.2, 0.25) is 0 Å². The Balaban J connectivity index is 2.24. The maximum Gasteiger partial charge on any atom is 0.259 e. The fraction of sp³-hybridized carbons (Fsp3) is 0.0833. The molecule has 0 spiro atoms. The smallest absolute Gasteiger partial charge is 0.259 e. The number of nitrogens with two attached hydrogens (primary N) is 1. The van der Waals surface area contributed by atoms with Gasteiger partial charge in [-0.15, -0.1) is 0 Å². The van der Waals surface area contributed by atoms with Gasteiger partial charge in [0.1, 0.15) is 0 Å². The van der Waals surface area contributed by atoms with Crippen molar-refractivity contribution in [3.05, 3.63) is 48.0 Å². The van der Waals surface area contributed by atoms with Crippen molar-refractivity contribution in [3.8, 4) is 0 Å². The van der Waals surface area contributed by atoms with E-state index in [1.807, 2.05) is 6.92 Å². The van der Waals surface area contributed by atoms with Crippen LogP contribution in [0.25, 0.3) is 0 Å². The summed E-state index contributed by atoms with van der Waals surface area (Å²) < 4.78 is 0. The second-order valence-corrected chi connectivity index (χ2v) is 3.71. The summed E-state index contributed by atoms with van der Waals surface area (Å²) in [4.78, 5) is 20.0. The highest BCUT2D eigenvalue weighted by Crippen LogP contribution is 2.16. The Morgan fingerprint density at radius 3 is 2.72 bits per heavy atom. The Bertz CT molecular complexity index is 556. The molecular formula is C12H13N5O. The second kappa shape index (κ2) is 5.24. The van der Waals surface area contributed by atoms with Gasteiger partial charge in [0.15, 0.2) is 0 Å². The van der Waals surface area contributed by atoms with Gasteiger partial charge in [0.05, 0.1) is 11.3 Å². The van der Waals surface area contributed by atoms with Gasteiger partial charge < -0.3 is 10.7 Å². The Hall–Kier alpha value is -2.47. The van der Waals surface area contributed by atoms with Crippen LogP contribution in [0.3, 0.4) is 0 Å². The number of pyridine rings is 2. The number of aryl methyl sites for hydroxylation is 1. The molecule has 6 nitrogen and oxygen atoms in total. The number of hydrogen-bond donors (Lipinski definition) is 3. The first-order chi connectivity index (χ1) is 8.70. The number of nitrogen functional groups attached to an aromatic ring is 1. The third-order valence-corrected chi connectivity index (χ3v) is 2.38. The minimum atomic E-state index is -0.276. The molecule has 0 saturated carbocycles. The maximum absolute atomic E-state index is 12.0. The summed E-state index contributed by atoms with van der Waals surface area (Å²) in [7, 11) is 0. The number of hydrazine groups is 1. The zero-order chi connectivity index (χ0) is 13.0. The molecule has 0 aliphatic rings. The minimum absolute atomic E-state index is 0.276. The summed E-state index contributed by atoms with van der Waals surface area (Å²) in [5.74, 6) is 5.11. The van der Waals surface area contributed by atoms with E-state index in [1.165, 1.54) is 6.20 Å². The standard InChI is InChI=1S/C12H13N5O/c1-8-6-11(17-13)10(7-15-8)12(18)16-9-2-4-14-5-3-9/h2-7H,13H2,1H3,(H,15,17)(H,14,16,18). The van der Waals surface area contributed by atoms with Crippen LogP contribution >= 0.6 is 0 Å². The molecule has 0 atom stereocenters. The van der Waals surface area contributed by atoms with Crippen molar-refractivity contribution in [3.63, 3.8) is 0 Å². The molecule has 2 aromatic rings. The van der Waals surface area contributed by atoms with E-state index in [0.717, 1.165) is 5.69 Å². The van der Waals surface area contributed by atoms with Crippen molar-refractivity contribution in [2.24, 2.45) is 5.84 Å². The molecule has 92 valence electrons. The molecule has 0 aliphatic heterocycles. The SMILES string of the molecule is Cc1cc(NN)c(C(=O)Nc2ccncc2)cn1. The molecule has 1 amide bonds. The van der Waals surface area contributed by atoms with Crippen molar-refractivity contribution in [1.82, 2.24) is 9.97 Å². The molecular weight excluding hydrogens is 230 g/mol. The third kappa shape index (κ3) is 2.61. The van der Waals surface area contributed by atoms with Gasteiger partial charge in [-0.1, -0.05) is 0 Å². The molecule has 2 heterocycles. The molecule has 2 rings (SSSR count). The van der Waals surface area contributed by atoms with Crippen molar-refractivity contribution in [1.29, 1.82) is 0 Å². The van der Waals surface area contributed by atoms with Crippen LogP contribution in [0.5, 0.6) is 0 Å². The highest BCUT2D eigenvalue weighted by molar-refractivity contribution is 6.07. The normalized spacial score (nSPS) is 9.89. The fourth-order valence-electron chi connectivity index (χ4n) is 1.49. The molecule has 18 heavy (non-hydrogen) atoms. The second-order valence-electron chi connectivity index (χ2n) is 3.71. The van der Waals surface area contributed by atoms with Crippen LogP contribution in [0, 0.1) is 6.92 Å². The average molecular weight is 243 g/mol. The number of aromatic nitrogens is 2. The molecule has 0 saturated heterocycles. The molecule has 0 bridgehead atoms. The molecule has 0 aromatic carbocycles. The highest BCUT2D eigenvalue weighted by atomic mass is 16.1. The quantitative estimate of drug-likeness (QED) is 0.558. The Kier molecular flexibility index (Phi) is 3.49. The number of nitrogens with one attached hydrogen (secondary N) is 2. The minimum Gasteiger partial charge on any atom is -0.323 e. The predicted octanol–water partition coefficient (Wildman–Crippen LogP) is 1.32. The van der Waals surface area contributed by atoms with E-state index < -0.39 is 0 Å². The van der Waals surface area contributed by atoms with Gasteiger partial charge >= 0.3 is 0 Å². The number of anilines is 2. The van der Waals surface area contributed by atoms with Gasteiger partial charge in [-0.3, -0.25) is 20.6 Å². The lowest BCUT2D eigenvalue weighted by Gasteiger charge is -2.09. The number of hydrogen-bond acceptors (Lipinski definition) is 5. The number of rotatable bonds is 3. The fourth-order valence-corrected chi connectivity index (χ4v) is 1.49. The van der Waals surface area contributed by atoms with Crippen LogP contribution in [0.4, 0.5) is 11.4 Å². The molecule has 0 fully saturated rings. The summed E-state index contributed by atoms with van der Waals surface area (Å²) in [6.45, 7) is 1.82. The number of amides is 1. The summed E-state index contributed by atoms with van der Waals surface area (Å²) >= 11 is 0. The zero-order valence-electron chi connectivity index (χ0n) is 9.84. The van der Waals surface area contributed by atoms with Crippen molar-refractivity contribution in [2.75, 3.05) is 10.7 Å². The molecule has 6 heteroatoms. The Morgan fingerprint density at radius 1 is 1.33 bits per heavy atom. The van der Waals surface area contributed by atoms with Crippen LogP contribution in [0.1, 0.15) is 16.1 Å². The van der Waals surface area contributed by atoms with Crippen molar-refractivity contribution in [2.45, 2.75) is 6.92 Å². The number of nitrogens with zero attached hydrogens (tertiary/aromatic N) is 2. The largest absolute Gasteiger partial charge is 0.323 e. The number of carbonyl (C=O) groups is 1. The number of carbonyl (C=O) groups excluding carboxylic acids is 1. The van der Waals surface area contributed by atoms with Gasteiger partial charge in [0.2, 0.25) is 0 Å². The zero-order valence-corrected chi connectivity index (χ0v) is 9.84. The summed E-state index contributed by atoms with van der Waals surface area (Å²) in [5, 5.41) is 2.74. The molecule has 0 unspecified atom stereocenters. The van der Waals surface area contributed by atoms with Gasteiger partial charge in [-0.05, 0) is 25.1 Å². The lowest BCUT2D eigenvalue weighted by molar-refractivity contribution is 0.102. The van der Waals surface area contributed by atoms with E-state index in [2.05, 4.69) is 20.7 Å². The first-order valence-electron chi connectivity index (χ1n) is 5.35. The molecule has 0 aliphatic carbocycles. The molecule has 2 aromatic heterocycles. The van der Waals surface area contributed by atoms with E-state index >= 15 is 0 Å². The average Bonchev–Trinajstić information content (AvgIpc) is 2.39. The lowest BCUT2D eigenvalue weighted by Crippen LogP contribution is -2.18. The summed E-state index contributed by atoms with van der Waals surface area (Å²) in [5.41, 5.74) is 4.86. The van der Waals surface area contributed by atoms with E-state index in [4.69, 9.17) is 5.84 Å². The van der Waals surface area contributed by atoms with Gasteiger partial charge in [-0.2, -0.15) is 0 Å². The first kappa shape index (κ1) is 12.0. The van der Waals surface area contributed by atoms with E-state index in [0.29, 0.717) is 16.9 Å². The van der Waals surface area contributed by atoms with Crippen LogP contribution < -0.4 is 16.6 Å². The van der Waals surface area contributed by atoms with Gasteiger partial charge in [0, 0.05) is 30.0 Å². The van der Waals surface area contributed by atoms with E-state index in [9.17, 15) is 4.79 Å². The summed E-state index contributed by atoms with van der Waals surface area (Å²) in [6.07, 6.45) is 4.69. The predicted molar refractivity (Wildman–Crippen MR) is 69.0 cm³/mol. The Morgan fingerprint density at radius 2 is 2.06 bits per heavy atom. The topological polar surface area (TPSA) is 92.9 Å². The Labute approximate surface area is 104 Å². The molecule has 0 radical (unpaired) electrons.